The van der Waals surface area contributed by atoms with Gasteiger partial charge in [0.1, 0.15) is 53.2 Å². The number of phenolic OH excluding ortho intramolecular Hbond substituents is 2. The lowest BCUT2D eigenvalue weighted by atomic mass is 9.72. The van der Waals surface area contributed by atoms with E-state index in [0.717, 1.165) is 0 Å². The topological polar surface area (TPSA) is 277 Å². The van der Waals surface area contributed by atoms with Gasteiger partial charge in [0.15, 0.2) is 17.9 Å². The number of carbonyl (C=O) groups is 6. The third kappa shape index (κ3) is 8.51. The lowest BCUT2D eigenvalue weighted by Gasteiger charge is -2.43. The average Bonchev–Trinajstić information content (AvgIpc) is 3.14. The number of ketones is 3. The number of carbonyl (C=O) groups excluding carboxylic acids is 6. The van der Waals surface area contributed by atoms with E-state index in [-0.39, 0.29) is 34.4 Å². The van der Waals surface area contributed by atoms with Crippen LogP contribution in [-0.4, -0.2) is 122 Å². The molecule has 0 radical (unpaired) electrons. The molecule has 58 heavy (non-hydrogen) atoms. The number of amides is 3. The summed E-state index contributed by atoms with van der Waals surface area (Å²) in [7, 11) is 1.29. The molecule has 2 aromatic rings. The first-order valence-electron chi connectivity index (χ1n) is 18.9. The van der Waals surface area contributed by atoms with E-state index < -0.39 is 137 Å². The van der Waals surface area contributed by atoms with Crippen molar-refractivity contribution < 1.29 is 73.2 Å². The van der Waals surface area contributed by atoms with Crippen LogP contribution < -0.4 is 20.7 Å². The molecular weight excluding hydrogens is 762 g/mol. The van der Waals surface area contributed by atoms with Gasteiger partial charge in [-0.05, 0) is 46.6 Å². The van der Waals surface area contributed by atoms with Gasteiger partial charge >= 0.3 is 6.09 Å². The minimum absolute atomic E-state index is 0.0381. The molecule has 0 spiro atoms. The first kappa shape index (κ1) is 44.0. The molecule has 3 amide bonds. The standard InChI is InChI=1S/C40H51N3O15/c1-16(2)30(43-38(53)58-39(5,6)7)37(52)41-17(3)36(51)42-21-12-25(56-18(4)31(21)46)57-23-14-40(54,24(45)15-44)13-20-27(23)35(50)29-28(33(20)48)32(47)19-10-9-11-22(55-8)26(19)34(29)49/h9-11,16-18,21,23,25,30-31,44,46,48,50,54H,12-15H2,1-8H3,(H,41,52)(H,42,51)(H,43,53)/t17-,18-,21-,23-,25-,30-,31+,40-/m0/s1. The van der Waals surface area contributed by atoms with Crippen molar-refractivity contribution in [1.29, 1.82) is 0 Å². The monoisotopic (exact) mass is 813 g/mol. The first-order valence-corrected chi connectivity index (χ1v) is 18.9. The Morgan fingerprint density at radius 2 is 1.64 bits per heavy atom. The average molecular weight is 814 g/mol. The van der Waals surface area contributed by atoms with Crippen LogP contribution in [0.15, 0.2) is 18.2 Å². The summed E-state index contributed by atoms with van der Waals surface area (Å²) in [6.07, 6.45) is -7.55. The second-order valence-corrected chi connectivity index (χ2v) is 16.2. The minimum atomic E-state index is -2.39. The van der Waals surface area contributed by atoms with E-state index in [0.29, 0.717) is 0 Å². The summed E-state index contributed by atoms with van der Waals surface area (Å²) in [4.78, 5) is 79.7. The van der Waals surface area contributed by atoms with Crippen molar-refractivity contribution in [3.63, 3.8) is 0 Å². The number of benzene rings is 2. The highest BCUT2D eigenvalue weighted by atomic mass is 16.7. The number of rotatable bonds is 11. The molecule has 0 saturated carbocycles. The lowest BCUT2D eigenvalue weighted by Crippen LogP contribution is -2.60. The third-order valence-corrected chi connectivity index (χ3v) is 10.5. The second kappa shape index (κ2) is 16.6. The molecular formula is C40H51N3O15. The Labute approximate surface area is 334 Å². The van der Waals surface area contributed by atoms with E-state index >= 15 is 0 Å². The zero-order chi connectivity index (χ0) is 43.2. The van der Waals surface area contributed by atoms with Crippen LogP contribution >= 0.6 is 0 Å². The van der Waals surface area contributed by atoms with Crippen LogP contribution in [0.3, 0.4) is 0 Å². The molecule has 0 unspecified atom stereocenters. The maximum absolute atomic E-state index is 14.0. The van der Waals surface area contributed by atoms with Gasteiger partial charge in [0.05, 0.1) is 42.0 Å². The van der Waals surface area contributed by atoms with Crippen LogP contribution in [0.4, 0.5) is 4.79 Å². The largest absolute Gasteiger partial charge is 0.507 e. The maximum atomic E-state index is 14.0. The van der Waals surface area contributed by atoms with Crippen molar-refractivity contribution >= 4 is 35.3 Å². The predicted octanol–water partition coefficient (Wildman–Crippen LogP) is 1.21. The highest BCUT2D eigenvalue weighted by Crippen LogP contribution is 2.52. The number of nitrogens with one attached hydrogen (secondary N) is 3. The molecule has 18 nitrogen and oxygen atoms in total. The van der Waals surface area contributed by atoms with Gasteiger partial charge in [0, 0.05) is 36.0 Å². The van der Waals surface area contributed by atoms with E-state index in [2.05, 4.69) is 16.0 Å². The number of aliphatic hydroxyl groups excluding tert-OH is 2. The van der Waals surface area contributed by atoms with Gasteiger partial charge < -0.3 is 60.4 Å². The highest BCUT2D eigenvalue weighted by Gasteiger charge is 2.50. The van der Waals surface area contributed by atoms with Crippen LogP contribution in [0, 0.1) is 5.92 Å². The van der Waals surface area contributed by atoms with E-state index in [4.69, 9.17) is 18.9 Å². The molecule has 18 heteroatoms. The fraction of sp³-hybridized carbons (Fsp3) is 0.550. The van der Waals surface area contributed by atoms with Crippen molar-refractivity contribution in [3.05, 3.63) is 51.6 Å². The van der Waals surface area contributed by atoms with Gasteiger partial charge in [-0.3, -0.25) is 24.0 Å². The fourth-order valence-corrected chi connectivity index (χ4v) is 7.50. The Morgan fingerprint density at radius 1 is 0.983 bits per heavy atom. The molecule has 1 aliphatic heterocycles. The van der Waals surface area contributed by atoms with E-state index in [1.54, 1.807) is 34.6 Å². The summed E-state index contributed by atoms with van der Waals surface area (Å²) < 4.78 is 22.7. The smallest absolute Gasteiger partial charge is 0.408 e. The van der Waals surface area contributed by atoms with Crippen molar-refractivity contribution in [2.45, 2.75) is 122 Å². The van der Waals surface area contributed by atoms with Crippen LogP contribution in [0.5, 0.6) is 17.2 Å². The highest BCUT2D eigenvalue weighted by molar-refractivity contribution is 6.31. The van der Waals surface area contributed by atoms with E-state index in [1.165, 1.54) is 39.2 Å². The molecule has 5 rings (SSSR count). The SMILES string of the molecule is COc1cccc2c1C(=O)c1c(O)c3c(c(O)c1C2=O)C[C@@](O)(C(=O)CO)C[C@@H]3O[C@H]1C[C@H](NC(=O)[C@H](C)NC(=O)[C@@H](NC(=O)OC(C)(C)C)C(C)C)[C@H](O)[C@H](C)O1. The number of fused-ring (bicyclic) bond motifs is 3. The fourth-order valence-electron chi connectivity index (χ4n) is 7.50. The summed E-state index contributed by atoms with van der Waals surface area (Å²) in [5.41, 5.74) is -5.11. The van der Waals surface area contributed by atoms with Gasteiger partial charge in [0.25, 0.3) is 0 Å². The number of hydrogen-bond donors (Lipinski definition) is 8. The normalized spacial score (nSPS) is 25.1. The van der Waals surface area contributed by atoms with Gasteiger partial charge in [-0.1, -0.05) is 26.0 Å². The molecule has 2 aliphatic carbocycles. The summed E-state index contributed by atoms with van der Waals surface area (Å²) in [5, 5.41) is 63.5. The summed E-state index contributed by atoms with van der Waals surface area (Å²) in [6.45, 7) is 10.2. The number of ether oxygens (including phenoxy) is 4. The van der Waals surface area contributed by atoms with E-state index in [9.17, 15) is 54.3 Å². The number of hydrogen-bond acceptors (Lipinski definition) is 15. The molecule has 0 bridgehead atoms. The molecule has 2 aromatic carbocycles. The Bertz CT molecular complexity index is 2010. The minimum Gasteiger partial charge on any atom is -0.507 e. The van der Waals surface area contributed by atoms with Crippen LogP contribution in [0.25, 0.3) is 0 Å². The summed E-state index contributed by atoms with van der Waals surface area (Å²) >= 11 is 0. The number of aliphatic hydroxyl groups is 3. The molecule has 1 saturated heterocycles. The van der Waals surface area contributed by atoms with Crippen molar-refractivity contribution in [1.82, 2.24) is 16.0 Å². The van der Waals surface area contributed by atoms with Gasteiger partial charge in [-0.15, -0.1) is 0 Å². The predicted molar refractivity (Wildman–Crippen MR) is 201 cm³/mol. The Hall–Kier alpha value is -5.14. The zero-order valence-electron chi connectivity index (χ0n) is 33.5. The number of Topliss-reactive ketones (excluding diaryl/α,β-unsaturated/α-hetero) is 1. The lowest BCUT2D eigenvalue weighted by molar-refractivity contribution is -0.249. The summed E-state index contributed by atoms with van der Waals surface area (Å²) in [5.74, 6) is -6.03. The third-order valence-electron chi connectivity index (χ3n) is 10.5. The molecule has 1 heterocycles. The number of phenols is 2. The number of methoxy groups -OCH3 is 1. The quantitative estimate of drug-likeness (QED) is 0.126. The zero-order valence-corrected chi connectivity index (χ0v) is 33.5. The molecule has 1 fully saturated rings. The maximum Gasteiger partial charge on any atom is 0.408 e. The van der Waals surface area contributed by atoms with Crippen LogP contribution in [0.2, 0.25) is 0 Å². The molecule has 316 valence electrons. The molecule has 8 atom stereocenters. The Morgan fingerprint density at radius 3 is 2.24 bits per heavy atom. The van der Waals surface area contributed by atoms with Gasteiger partial charge in [-0.25, -0.2) is 4.79 Å². The molecule has 8 N–H and O–H groups in total. The first-order chi connectivity index (χ1) is 27.0. The van der Waals surface area contributed by atoms with E-state index in [1.807, 2.05) is 0 Å². The second-order valence-electron chi connectivity index (χ2n) is 16.2. The van der Waals surface area contributed by atoms with Crippen LogP contribution in [0.1, 0.15) is 110 Å². The van der Waals surface area contributed by atoms with Crippen molar-refractivity contribution in [3.8, 4) is 17.2 Å². The van der Waals surface area contributed by atoms with Crippen molar-refractivity contribution in [2.75, 3.05) is 13.7 Å². The summed E-state index contributed by atoms with van der Waals surface area (Å²) in [6, 6.07) is 0.964. The Kier molecular flexibility index (Phi) is 12.6. The van der Waals surface area contributed by atoms with Crippen molar-refractivity contribution in [2.24, 2.45) is 5.92 Å². The Balaban J connectivity index is 1.41. The number of alkyl carbamates (subject to hydrolysis) is 1. The molecule has 3 aliphatic rings. The molecule has 0 aromatic heterocycles. The number of aromatic hydroxyl groups is 2. The van der Waals surface area contributed by atoms with Crippen LogP contribution in [-0.2, 0) is 35.0 Å². The van der Waals surface area contributed by atoms with Gasteiger partial charge in [0.2, 0.25) is 17.6 Å². The van der Waals surface area contributed by atoms with Gasteiger partial charge in [-0.2, -0.15) is 0 Å².